The predicted octanol–water partition coefficient (Wildman–Crippen LogP) is 1.31. The van der Waals surface area contributed by atoms with Crippen molar-refractivity contribution in [2.45, 2.75) is 31.8 Å². The van der Waals surface area contributed by atoms with Gasteiger partial charge in [-0.15, -0.1) is 5.10 Å². The van der Waals surface area contributed by atoms with Gasteiger partial charge in [0.2, 0.25) is 0 Å². The zero-order chi connectivity index (χ0) is 18.6. The molecule has 1 aromatic heterocycles. The number of carbonyl (C=O) groups excluding carboxylic acids is 2. The Hall–Kier alpha value is -2.74. The molecular formula is C19H23N5O3. The quantitative estimate of drug-likeness (QED) is 0.828. The Labute approximate surface area is 157 Å². The lowest BCUT2D eigenvalue weighted by Gasteiger charge is -2.24. The van der Waals surface area contributed by atoms with Crippen molar-refractivity contribution in [3.63, 3.8) is 0 Å². The molecule has 2 aromatic rings. The smallest absolute Gasteiger partial charge is 0.274 e. The van der Waals surface area contributed by atoms with Gasteiger partial charge in [0.1, 0.15) is 0 Å². The lowest BCUT2D eigenvalue weighted by atomic mass is 9.97. The van der Waals surface area contributed by atoms with Crippen molar-refractivity contribution in [1.82, 2.24) is 25.6 Å². The van der Waals surface area contributed by atoms with E-state index in [9.17, 15) is 9.59 Å². The van der Waals surface area contributed by atoms with E-state index in [2.05, 4.69) is 20.9 Å². The molecule has 8 heteroatoms. The molecule has 0 saturated carbocycles. The van der Waals surface area contributed by atoms with Crippen LogP contribution in [0.5, 0.6) is 0 Å². The molecule has 1 atom stereocenters. The zero-order valence-corrected chi connectivity index (χ0v) is 15.1. The Balaban J connectivity index is 1.40. The monoisotopic (exact) mass is 369 g/mol. The topological polar surface area (TPSA) is 98.1 Å². The molecule has 2 amide bonds. The molecule has 2 aliphatic heterocycles. The molecule has 0 unspecified atom stereocenters. The highest BCUT2D eigenvalue weighted by Crippen LogP contribution is 2.22. The third-order valence-corrected chi connectivity index (χ3v) is 5.21. The van der Waals surface area contributed by atoms with Crippen molar-refractivity contribution < 1.29 is 14.3 Å². The number of aromatic nitrogens is 3. The van der Waals surface area contributed by atoms with Gasteiger partial charge in [0.25, 0.3) is 11.8 Å². The highest BCUT2D eigenvalue weighted by atomic mass is 16.5. The van der Waals surface area contributed by atoms with E-state index in [-0.39, 0.29) is 29.2 Å². The van der Waals surface area contributed by atoms with Crippen LogP contribution in [0.1, 0.15) is 51.8 Å². The highest BCUT2D eigenvalue weighted by molar-refractivity contribution is 6.05. The molecule has 0 aliphatic carbocycles. The van der Waals surface area contributed by atoms with Crippen molar-refractivity contribution in [3.8, 4) is 0 Å². The van der Waals surface area contributed by atoms with Crippen LogP contribution in [0.2, 0.25) is 0 Å². The summed E-state index contributed by atoms with van der Waals surface area (Å²) in [4.78, 5) is 25.1. The molecule has 0 bridgehead atoms. The summed E-state index contributed by atoms with van der Waals surface area (Å²) in [5.41, 5.74) is 1.31. The van der Waals surface area contributed by atoms with Crippen LogP contribution in [-0.4, -0.2) is 46.6 Å². The fourth-order valence-electron chi connectivity index (χ4n) is 3.65. The Kier molecular flexibility index (Phi) is 5.15. The highest BCUT2D eigenvalue weighted by Gasteiger charge is 2.32. The fourth-order valence-corrected chi connectivity index (χ4v) is 3.65. The third kappa shape index (κ3) is 3.85. The van der Waals surface area contributed by atoms with Gasteiger partial charge >= 0.3 is 0 Å². The van der Waals surface area contributed by atoms with Crippen LogP contribution in [0, 0.1) is 5.92 Å². The summed E-state index contributed by atoms with van der Waals surface area (Å²) in [6.45, 7) is 2.59. The minimum Gasteiger partial charge on any atom is -0.381 e. The van der Waals surface area contributed by atoms with Crippen LogP contribution >= 0.6 is 0 Å². The van der Waals surface area contributed by atoms with Crippen LogP contribution in [0.25, 0.3) is 0 Å². The first kappa shape index (κ1) is 17.7. The van der Waals surface area contributed by atoms with Gasteiger partial charge in [0, 0.05) is 19.8 Å². The Morgan fingerprint density at radius 1 is 1.26 bits per heavy atom. The summed E-state index contributed by atoms with van der Waals surface area (Å²) in [5.74, 6) is -0.102. The van der Waals surface area contributed by atoms with Crippen LogP contribution < -0.4 is 10.6 Å². The average Bonchev–Trinajstić information content (AvgIpc) is 3.14. The van der Waals surface area contributed by atoms with E-state index in [1.165, 1.54) is 4.68 Å². The van der Waals surface area contributed by atoms with Gasteiger partial charge in [-0.25, -0.2) is 4.68 Å². The first-order valence-electron chi connectivity index (χ1n) is 9.37. The maximum atomic E-state index is 12.6. The number of ether oxygens (including phenoxy) is 1. The van der Waals surface area contributed by atoms with Gasteiger partial charge in [-0.1, -0.05) is 35.5 Å². The normalized spacial score (nSPS) is 20.0. The SMILES string of the molecule is O=C(NCCC1CCOCC1)c1nnn2c1C(=O)N[C@@H](c1ccccc1)C2. The first-order valence-corrected chi connectivity index (χ1v) is 9.37. The molecule has 1 aromatic carbocycles. The summed E-state index contributed by atoms with van der Waals surface area (Å²) in [5, 5.41) is 13.8. The van der Waals surface area contributed by atoms with E-state index < -0.39 is 0 Å². The van der Waals surface area contributed by atoms with Gasteiger partial charge in [0.05, 0.1) is 12.6 Å². The molecule has 0 spiro atoms. The first-order chi connectivity index (χ1) is 13.2. The maximum Gasteiger partial charge on any atom is 0.274 e. The van der Waals surface area contributed by atoms with Crippen molar-refractivity contribution in [2.75, 3.05) is 19.8 Å². The third-order valence-electron chi connectivity index (χ3n) is 5.21. The Morgan fingerprint density at radius 3 is 2.81 bits per heavy atom. The number of carbonyl (C=O) groups is 2. The van der Waals surface area contributed by atoms with Crippen molar-refractivity contribution in [2.24, 2.45) is 5.92 Å². The van der Waals surface area contributed by atoms with Gasteiger partial charge in [-0.2, -0.15) is 0 Å². The molecule has 2 aliphatic rings. The lowest BCUT2D eigenvalue weighted by molar-refractivity contribution is 0.0635. The lowest BCUT2D eigenvalue weighted by Crippen LogP contribution is -2.40. The van der Waals surface area contributed by atoms with E-state index in [0.717, 1.165) is 38.0 Å². The molecule has 4 rings (SSSR count). The summed E-state index contributed by atoms with van der Waals surface area (Å²) in [7, 11) is 0. The summed E-state index contributed by atoms with van der Waals surface area (Å²) >= 11 is 0. The minimum atomic E-state index is -0.350. The molecule has 1 saturated heterocycles. The molecule has 8 nitrogen and oxygen atoms in total. The maximum absolute atomic E-state index is 12.6. The second-order valence-corrected chi connectivity index (χ2v) is 7.01. The van der Waals surface area contributed by atoms with Crippen LogP contribution in [-0.2, 0) is 11.3 Å². The number of rotatable bonds is 5. The predicted molar refractivity (Wildman–Crippen MR) is 97.2 cm³/mol. The van der Waals surface area contributed by atoms with Crippen molar-refractivity contribution in [1.29, 1.82) is 0 Å². The number of benzene rings is 1. The van der Waals surface area contributed by atoms with Gasteiger partial charge < -0.3 is 15.4 Å². The van der Waals surface area contributed by atoms with Crippen LogP contribution in [0.3, 0.4) is 0 Å². The van der Waals surface area contributed by atoms with Crippen LogP contribution in [0.4, 0.5) is 0 Å². The Bertz CT molecular complexity index is 814. The molecule has 3 heterocycles. The number of hydrogen-bond acceptors (Lipinski definition) is 5. The summed E-state index contributed by atoms with van der Waals surface area (Å²) in [6, 6.07) is 9.51. The molecule has 142 valence electrons. The van der Waals surface area contributed by atoms with E-state index in [0.29, 0.717) is 19.0 Å². The van der Waals surface area contributed by atoms with E-state index in [1.54, 1.807) is 0 Å². The number of amides is 2. The van der Waals surface area contributed by atoms with Gasteiger partial charge in [-0.05, 0) is 30.7 Å². The van der Waals surface area contributed by atoms with Crippen molar-refractivity contribution in [3.05, 3.63) is 47.3 Å². The van der Waals surface area contributed by atoms with E-state index in [1.807, 2.05) is 30.3 Å². The summed E-state index contributed by atoms with van der Waals surface area (Å²) in [6.07, 6.45) is 2.96. The number of hydrogen-bond donors (Lipinski definition) is 2. The fraction of sp³-hybridized carbons (Fsp3) is 0.474. The van der Waals surface area contributed by atoms with E-state index in [4.69, 9.17) is 4.74 Å². The summed E-state index contributed by atoms with van der Waals surface area (Å²) < 4.78 is 6.87. The standard InChI is InChI=1S/C19H23N5O3/c25-18(20-9-6-13-7-10-27-11-8-13)16-17-19(26)21-15(12-24(17)23-22-16)14-4-2-1-3-5-14/h1-5,13,15H,6-12H2,(H,20,25)(H,21,26)/t15-/m1/s1. The molecule has 1 fully saturated rings. The largest absolute Gasteiger partial charge is 0.381 e. The average molecular weight is 369 g/mol. The number of fused-ring (bicyclic) bond motifs is 1. The second-order valence-electron chi connectivity index (χ2n) is 7.01. The Morgan fingerprint density at radius 2 is 2.04 bits per heavy atom. The van der Waals surface area contributed by atoms with Gasteiger partial charge in [0.15, 0.2) is 11.4 Å². The van der Waals surface area contributed by atoms with Crippen LogP contribution in [0.15, 0.2) is 30.3 Å². The zero-order valence-electron chi connectivity index (χ0n) is 15.1. The second kappa shape index (κ2) is 7.87. The number of nitrogens with zero attached hydrogens (tertiary/aromatic N) is 3. The minimum absolute atomic E-state index is 0.0889. The van der Waals surface area contributed by atoms with E-state index >= 15 is 0 Å². The molecular weight excluding hydrogens is 346 g/mol. The molecule has 2 N–H and O–H groups in total. The number of nitrogens with one attached hydrogen (secondary N) is 2. The van der Waals surface area contributed by atoms with Gasteiger partial charge in [-0.3, -0.25) is 9.59 Å². The molecule has 0 radical (unpaired) electrons. The molecule has 27 heavy (non-hydrogen) atoms. The van der Waals surface area contributed by atoms with Crippen molar-refractivity contribution >= 4 is 11.8 Å².